The van der Waals surface area contributed by atoms with Crippen molar-refractivity contribution in [2.75, 3.05) is 13.1 Å². The molecule has 0 radical (unpaired) electrons. The Morgan fingerprint density at radius 3 is 2.31 bits per heavy atom. The van der Waals surface area contributed by atoms with E-state index in [1.807, 2.05) is 0 Å². The Morgan fingerprint density at radius 2 is 1.62 bits per heavy atom. The summed E-state index contributed by atoms with van der Waals surface area (Å²) in [5.74, 6) is 0. The topological polar surface area (TPSA) is 24.1 Å². The molecule has 0 aromatic carbocycles. The molecule has 1 aliphatic heterocycles. The van der Waals surface area contributed by atoms with E-state index >= 15 is 0 Å². The Balaban J connectivity index is 1.55. The third-order valence-corrected chi connectivity index (χ3v) is 4.19. The lowest BCUT2D eigenvalue weighted by atomic mass is 10.0. The van der Waals surface area contributed by atoms with Crippen molar-refractivity contribution < 1.29 is 0 Å². The van der Waals surface area contributed by atoms with E-state index in [0.29, 0.717) is 0 Å². The fourth-order valence-electron chi connectivity index (χ4n) is 3.12. The van der Waals surface area contributed by atoms with Gasteiger partial charge in [0.05, 0.1) is 0 Å². The van der Waals surface area contributed by atoms with Crippen LogP contribution in [0.15, 0.2) is 0 Å². The molecule has 2 nitrogen and oxygen atoms in total. The Bertz CT molecular complexity index is 168. The average molecular weight is 224 g/mol. The molecule has 1 saturated carbocycles. The van der Waals surface area contributed by atoms with E-state index in [9.17, 15) is 0 Å². The Labute approximate surface area is 101 Å². The fraction of sp³-hybridized carbons (Fsp3) is 1.00. The Kier molecular flexibility index (Phi) is 5.64. The molecule has 0 amide bonds. The minimum absolute atomic E-state index is 0.798. The number of nitrogens with one attached hydrogen (secondary N) is 2. The van der Waals surface area contributed by atoms with Crippen LogP contribution in [-0.2, 0) is 0 Å². The minimum atomic E-state index is 0.798. The summed E-state index contributed by atoms with van der Waals surface area (Å²) in [6.45, 7) is 2.47. The van der Waals surface area contributed by atoms with Gasteiger partial charge in [0.2, 0.25) is 0 Å². The molecule has 0 aromatic heterocycles. The summed E-state index contributed by atoms with van der Waals surface area (Å²) in [6.07, 6.45) is 14.2. The van der Waals surface area contributed by atoms with Gasteiger partial charge in [-0.1, -0.05) is 32.1 Å². The lowest BCUT2D eigenvalue weighted by Gasteiger charge is -2.24. The van der Waals surface area contributed by atoms with E-state index in [1.165, 1.54) is 77.3 Å². The van der Waals surface area contributed by atoms with Gasteiger partial charge in [0.25, 0.3) is 0 Å². The molecule has 1 aliphatic carbocycles. The van der Waals surface area contributed by atoms with Gasteiger partial charge in [0.1, 0.15) is 0 Å². The summed E-state index contributed by atoms with van der Waals surface area (Å²) < 4.78 is 0. The van der Waals surface area contributed by atoms with Gasteiger partial charge in [-0.15, -0.1) is 0 Å². The number of piperidine rings is 1. The quantitative estimate of drug-likeness (QED) is 0.718. The van der Waals surface area contributed by atoms with Crippen LogP contribution in [0.5, 0.6) is 0 Å². The molecule has 1 unspecified atom stereocenters. The highest BCUT2D eigenvalue weighted by atomic mass is 14.9. The smallest absolute Gasteiger partial charge is 0.00791 e. The second-order valence-corrected chi connectivity index (χ2v) is 5.58. The predicted octanol–water partition coefficient (Wildman–Crippen LogP) is 2.83. The molecule has 2 N–H and O–H groups in total. The first-order valence-electron chi connectivity index (χ1n) is 7.42. The van der Waals surface area contributed by atoms with Crippen LogP contribution in [0.4, 0.5) is 0 Å². The third kappa shape index (κ3) is 4.42. The fourth-order valence-corrected chi connectivity index (χ4v) is 3.12. The van der Waals surface area contributed by atoms with Crippen LogP contribution in [0, 0.1) is 0 Å². The van der Waals surface area contributed by atoms with Gasteiger partial charge in [-0.05, 0) is 45.2 Å². The van der Waals surface area contributed by atoms with Gasteiger partial charge in [-0.3, -0.25) is 0 Å². The summed E-state index contributed by atoms with van der Waals surface area (Å²) in [5.41, 5.74) is 0. The van der Waals surface area contributed by atoms with E-state index in [2.05, 4.69) is 10.6 Å². The second-order valence-electron chi connectivity index (χ2n) is 5.58. The zero-order valence-corrected chi connectivity index (χ0v) is 10.6. The molecular formula is C14H28N2. The number of hydrogen-bond donors (Lipinski definition) is 2. The van der Waals surface area contributed by atoms with Gasteiger partial charge in [0.15, 0.2) is 0 Å². The monoisotopic (exact) mass is 224 g/mol. The van der Waals surface area contributed by atoms with Crippen molar-refractivity contribution in [1.82, 2.24) is 10.6 Å². The van der Waals surface area contributed by atoms with Crippen molar-refractivity contribution in [3.05, 3.63) is 0 Å². The summed E-state index contributed by atoms with van der Waals surface area (Å²) in [6, 6.07) is 1.62. The second kappa shape index (κ2) is 7.29. The maximum Gasteiger partial charge on any atom is 0.00791 e. The van der Waals surface area contributed by atoms with Crippen LogP contribution >= 0.6 is 0 Å². The Hall–Kier alpha value is -0.0800. The van der Waals surface area contributed by atoms with Crippen molar-refractivity contribution >= 4 is 0 Å². The summed E-state index contributed by atoms with van der Waals surface area (Å²) in [7, 11) is 0. The van der Waals surface area contributed by atoms with Gasteiger partial charge in [0, 0.05) is 12.1 Å². The minimum Gasteiger partial charge on any atom is -0.314 e. The first-order valence-corrected chi connectivity index (χ1v) is 7.42. The zero-order valence-electron chi connectivity index (χ0n) is 10.6. The molecule has 2 aliphatic rings. The normalized spacial score (nSPS) is 28.9. The van der Waals surface area contributed by atoms with Crippen molar-refractivity contribution in [3.8, 4) is 0 Å². The number of rotatable bonds is 4. The van der Waals surface area contributed by atoms with Crippen molar-refractivity contribution in [2.24, 2.45) is 0 Å². The van der Waals surface area contributed by atoms with E-state index in [4.69, 9.17) is 0 Å². The Morgan fingerprint density at radius 1 is 0.875 bits per heavy atom. The highest BCUT2D eigenvalue weighted by molar-refractivity contribution is 4.75. The zero-order chi connectivity index (χ0) is 11.1. The average Bonchev–Trinajstić information content (AvgIpc) is 2.59. The summed E-state index contributed by atoms with van der Waals surface area (Å²) >= 11 is 0. The van der Waals surface area contributed by atoms with Crippen molar-refractivity contribution in [3.63, 3.8) is 0 Å². The molecule has 2 heteroatoms. The molecule has 0 aromatic rings. The molecular weight excluding hydrogens is 196 g/mol. The van der Waals surface area contributed by atoms with Gasteiger partial charge in [-0.25, -0.2) is 0 Å². The highest BCUT2D eigenvalue weighted by Crippen LogP contribution is 2.17. The van der Waals surface area contributed by atoms with Gasteiger partial charge >= 0.3 is 0 Å². The van der Waals surface area contributed by atoms with E-state index in [0.717, 1.165) is 12.1 Å². The summed E-state index contributed by atoms with van der Waals surface area (Å²) in [4.78, 5) is 0. The first kappa shape index (κ1) is 12.4. The van der Waals surface area contributed by atoms with Crippen LogP contribution in [0.1, 0.15) is 64.2 Å². The summed E-state index contributed by atoms with van der Waals surface area (Å²) in [5, 5.41) is 7.40. The highest BCUT2D eigenvalue weighted by Gasteiger charge is 2.14. The standard InChI is InChI=1S/C14H28N2/c1-2-4-8-13(7-3-1)16-12-10-14-9-5-6-11-15-14/h13-16H,1-12H2. The van der Waals surface area contributed by atoms with Crippen LogP contribution in [0.25, 0.3) is 0 Å². The lowest BCUT2D eigenvalue weighted by Crippen LogP contribution is -2.38. The van der Waals surface area contributed by atoms with Crippen molar-refractivity contribution in [2.45, 2.75) is 76.3 Å². The van der Waals surface area contributed by atoms with Crippen molar-refractivity contribution in [1.29, 1.82) is 0 Å². The van der Waals surface area contributed by atoms with E-state index in [1.54, 1.807) is 0 Å². The molecule has 2 fully saturated rings. The maximum atomic E-state index is 3.77. The molecule has 1 atom stereocenters. The molecule has 94 valence electrons. The predicted molar refractivity (Wildman–Crippen MR) is 69.8 cm³/mol. The molecule has 16 heavy (non-hydrogen) atoms. The SMILES string of the molecule is C1CCCC(NCCC2CCCCN2)CC1. The number of hydrogen-bond acceptors (Lipinski definition) is 2. The molecule has 1 saturated heterocycles. The van der Waals surface area contributed by atoms with Gasteiger partial charge in [-0.2, -0.15) is 0 Å². The van der Waals surface area contributed by atoms with Gasteiger partial charge < -0.3 is 10.6 Å². The van der Waals surface area contributed by atoms with Crippen LogP contribution in [-0.4, -0.2) is 25.2 Å². The molecule has 2 rings (SSSR count). The van der Waals surface area contributed by atoms with E-state index in [-0.39, 0.29) is 0 Å². The van der Waals surface area contributed by atoms with Crippen LogP contribution in [0.2, 0.25) is 0 Å². The molecule has 0 spiro atoms. The molecule has 0 bridgehead atoms. The largest absolute Gasteiger partial charge is 0.314 e. The first-order chi connectivity index (χ1) is 7.95. The third-order valence-electron chi connectivity index (χ3n) is 4.19. The molecule has 1 heterocycles. The van der Waals surface area contributed by atoms with Crippen LogP contribution < -0.4 is 10.6 Å². The lowest BCUT2D eigenvalue weighted by molar-refractivity contribution is 0.361. The van der Waals surface area contributed by atoms with Crippen LogP contribution in [0.3, 0.4) is 0 Å². The maximum absolute atomic E-state index is 3.77. The van der Waals surface area contributed by atoms with E-state index < -0.39 is 0 Å².